The highest BCUT2D eigenvalue weighted by atomic mass is 32.1. The molecule has 0 spiro atoms. The number of rotatable bonds is 8. The van der Waals surface area contributed by atoms with E-state index >= 15 is 0 Å². The van der Waals surface area contributed by atoms with Gasteiger partial charge in [0.25, 0.3) is 0 Å². The Labute approximate surface area is 316 Å². The van der Waals surface area contributed by atoms with Gasteiger partial charge in [-0.05, 0) is 110 Å². The van der Waals surface area contributed by atoms with Gasteiger partial charge in [0, 0.05) is 50.5 Å². The normalized spacial score (nSPS) is 12.2. The fourth-order valence-corrected chi connectivity index (χ4v) is 16.4. The first-order chi connectivity index (χ1) is 24.2. The van der Waals surface area contributed by atoms with Crippen LogP contribution in [-0.2, 0) is 0 Å². The Morgan fingerprint density at radius 1 is 0.480 bits per heavy atom. The zero-order valence-corrected chi connectivity index (χ0v) is 35.9. The molecule has 0 saturated carbocycles. The minimum absolute atomic E-state index is 1.20. The van der Waals surface area contributed by atoms with Gasteiger partial charge in [-0.2, -0.15) is 0 Å². The quantitative estimate of drug-likeness (QED) is 0.107. The van der Waals surface area contributed by atoms with Crippen molar-refractivity contribution in [2.24, 2.45) is 0 Å². The summed E-state index contributed by atoms with van der Waals surface area (Å²) in [7, 11) is -3.43. The first-order valence-electron chi connectivity index (χ1n) is 18.3. The maximum absolute atomic E-state index is 4.05. The van der Waals surface area contributed by atoms with Gasteiger partial charge in [0.05, 0.1) is 20.5 Å². The monoisotopic (exact) mass is 758 g/mol. The molecule has 50 heavy (non-hydrogen) atoms. The Balaban J connectivity index is 1.66. The molecule has 0 N–H and O–H groups in total. The minimum Gasteiger partial charge on any atom is -0.141 e. The van der Waals surface area contributed by atoms with Crippen molar-refractivity contribution in [3.63, 3.8) is 0 Å². The van der Waals surface area contributed by atoms with Crippen LogP contribution in [0.3, 0.4) is 0 Å². The van der Waals surface area contributed by atoms with Crippen LogP contribution < -0.4 is 0 Å². The molecule has 0 unspecified atom stereocenters. The van der Waals surface area contributed by atoms with Gasteiger partial charge in [0.1, 0.15) is 16.1 Å². The second-order valence-electron chi connectivity index (χ2n) is 13.8. The SMILES string of the molecule is CC[Si](C#Cc1c2sc3ccc(-c4ccc(C)s4)cc3c2c(C#C[Si](CC)(CC)CC)c2sc3ccc(-c4ccc(C)s4)cc3c12)(CC)CC. The van der Waals surface area contributed by atoms with E-state index < -0.39 is 16.1 Å². The van der Waals surface area contributed by atoms with E-state index in [4.69, 9.17) is 0 Å². The molecule has 4 heterocycles. The van der Waals surface area contributed by atoms with Crippen LogP contribution in [0.1, 0.15) is 62.4 Å². The van der Waals surface area contributed by atoms with Crippen LogP contribution in [-0.4, -0.2) is 16.1 Å². The van der Waals surface area contributed by atoms with Crippen molar-refractivity contribution in [1.29, 1.82) is 0 Å². The van der Waals surface area contributed by atoms with Crippen molar-refractivity contribution in [3.8, 4) is 43.8 Å². The summed E-state index contributed by atoms with van der Waals surface area (Å²) in [6.45, 7) is 18.6. The molecular weight excluding hydrogens is 713 g/mol. The lowest BCUT2D eigenvalue weighted by atomic mass is 9.97. The predicted molar refractivity (Wildman–Crippen MR) is 236 cm³/mol. The summed E-state index contributed by atoms with van der Waals surface area (Å²) in [4.78, 5) is 5.35. The van der Waals surface area contributed by atoms with E-state index in [9.17, 15) is 0 Å². The molecule has 0 aliphatic heterocycles. The van der Waals surface area contributed by atoms with Crippen LogP contribution in [0.15, 0.2) is 60.7 Å². The molecular formula is C44H46S4Si2. The number of fused-ring (bicyclic) bond motifs is 6. The molecule has 3 aromatic carbocycles. The molecule has 0 radical (unpaired) electrons. The standard InChI is InChI=1S/C44H46S4Si2/c1-9-49(10-2,11-3)25-23-33-41-35-27-31(37-19-15-29(7)45-37)17-21-39(35)48-44(41)34(24-26-50(12-4,13-5)14-6)42-36-28-32(38-20-16-30(8)46-38)18-22-40(36)47-43(33)42/h15-22,27-28H,9-14H2,1-8H3. The van der Waals surface area contributed by atoms with Gasteiger partial charge in [-0.25, -0.2) is 0 Å². The van der Waals surface area contributed by atoms with Crippen LogP contribution in [0, 0.1) is 36.8 Å². The lowest BCUT2D eigenvalue weighted by Gasteiger charge is -2.20. The average Bonchev–Trinajstić information content (AvgIpc) is 3.95. The van der Waals surface area contributed by atoms with Gasteiger partial charge in [0.2, 0.25) is 0 Å². The topological polar surface area (TPSA) is 0 Å². The van der Waals surface area contributed by atoms with Crippen LogP contribution in [0.2, 0.25) is 36.3 Å². The summed E-state index contributed by atoms with van der Waals surface area (Å²) in [5, 5.41) is 5.31. The number of thiophene rings is 4. The minimum atomic E-state index is -1.71. The number of hydrogen-bond acceptors (Lipinski definition) is 4. The van der Waals surface area contributed by atoms with Crippen molar-refractivity contribution in [1.82, 2.24) is 0 Å². The molecule has 0 aliphatic rings. The summed E-state index contributed by atoms with van der Waals surface area (Å²) in [5.74, 6) is 8.01. The fraction of sp³-hybridized carbons (Fsp3) is 0.318. The summed E-state index contributed by atoms with van der Waals surface area (Å²) in [5.41, 5.74) is 13.2. The van der Waals surface area contributed by atoms with Crippen LogP contribution in [0.4, 0.5) is 0 Å². The number of aryl methyl sites for hydroxylation is 2. The lowest BCUT2D eigenvalue weighted by molar-refractivity contribution is 1.20. The Morgan fingerprint density at radius 2 is 0.860 bits per heavy atom. The highest BCUT2D eigenvalue weighted by Gasteiger charge is 2.27. The fourth-order valence-electron chi connectivity index (χ4n) is 7.42. The molecule has 0 fully saturated rings. The average molecular weight is 759 g/mol. The maximum atomic E-state index is 4.05. The van der Waals surface area contributed by atoms with Crippen LogP contribution >= 0.6 is 45.3 Å². The molecule has 0 amide bonds. The predicted octanol–water partition coefficient (Wildman–Crippen LogP) is 15.3. The molecule has 0 aliphatic carbocycles. The molecule has 6 heteroatoms. The van der Waals surface area contributed by atoms with Gasteiger partial charge in [-0.3, -0.25) is 0 Å². The van der Waals surface area contributed by atoms with Crippen LogP contribution in [0.5, 0.6) is 0 Å². The highest BCUT2D eigenvalue weighted by Crippen LogP contribution is 2.49. The first-order valence-corrected chi connectivity index (χ1v) is 26.8. The molecule has 0 saturated heterocycles. The molecule has 0 atom stereocenters. The van der Waals surface area contributed by atoms with E-state index in [2.05, 4.69) is 139 Å². The Hall–Kier alpha value is -2.95. The second kappa shape index (κ2) is 14.2. The largest absolute Gasteiger partial charge is 0.141 e. The van der Waals surface area contributed by atoms with Crippen molar-refractivity contribution in [2.75, 3.05) is 0 Å². The van der Waals surface area contributed by atoms with E-state index in [1.54, 1.807) is 0 Å². The third-order valence-electron chi connectivity index (χ3n) is 11.3. The molecule has 7 aromatic rings. The number of hydrogen-bond donors (Lipinski definition) is 0. The van der Waals surface area contributed by atoms with E-state index in [1.165, 1.54) is 118 Å². The highest BCUT2D eigenvalue weighted by molar-refractivity contribution is 7.28. The maximum Gasteiger partial charge on any atom is 0.138 e. The van der Waals surface area contributed by atoms with E-state index in [0.29, 0.717) is 0 Å². The third kappa shape index (κ3) is 6.17. The van der Waals surface area contributed by atoms with Gasteiger partial charge < -0.3 is 0 Å². The smallest absolute Gasteiger partial charge is 0.138 e. The number of benzene rings is 3. The summed E-state index contributed by atoms with van der Waals surface area (Å²) < 4.78 is 5.30. The Kier molecular flexibility index (Phi) is 10.1. The zero-order valence-electron chi connectivity index (χ0n) is 30.6. The first kappa shape index (κ1) is 35.5. The molecule has 254 valence electrons. The van der Waals surface area contributed by atoms with Gasteiger partial charge in [-0.15, -0.1) is 56.4 Å². The van der Waals surface area contributed by atoms with E-state index in [0.717, 1.165) is 0 Å². The lowest BCUT2D eigenvalue weighted by Crippen LogP contribution is -2.29. The summed E-state index contributed by atoms with van der Waals surface area (Å²) in [6.07, 6.45) is 0. The van der Waals surface area contributed by atoms with Crippen LogP contribution in [0.25, 0.3) is 61.2 Å². The van der Waals surface area contributed by atoms with Crippen molar-refractivity contribution in [2.45, 2.75) is 91.7 Å². The molecule has 0 bridgehead atoms. The molecule has 4 aromatic heterocycles. The Morgan fingerprint density at radius 3 is 1.18 bits per heavy atom. The second-order valence-corrected chi connectivity index (χ2v) is 28.3. The summed E-state index contributed by atoms with van der Waals surface area (Å²) in [6, 6.07) is 30.5. The van der Waals surface area contributed by atoms with Gasteiger partial charge >= 0.3 is 0 Å². The van der Waals surface area contributed by atoms with Crippen molar-refractivity contribution >= 4 is 102 Å². The van der Waals surface area contributed by atoms with Gasteiger partial charge in [-0.1, -0.05) is 65.5 Å². The van der Waals surface area contributed by atoms with Gasteiger partial charge in [0.15, 0.2) is 0 Å². The van der Waals surface area contributed by atoms with E-state index in [1.807, 2.05) is 45.3 Å². The molecule has 7 rings (SSSR count). The zero-order chi connectivity index (χ0) is 35.2. The van der Waals surface area contributed by atoms with Crippen molar-refractivity contribution < 1.29 is 0 Å². The summed E-state index contributed by atoms with van der Waals surface area (Å²) >= 11 is 7.62. The van der Waals surface area contributed by atoms with E-state index in [-0.39, 0.29) is 0 Å². The molecule has 0 nitrogen and oxygen atoms in total. The Bertz CT molecular complexity index is 2310. The van der Waals surface area contributed by atoms with Crippen molar-refractivity contribution in [3.05, 3.63) is 81.5 Å². The third-order valence-corrected chi connectivity index (χ3v) is 25.3.